The number of hydrogen-bond acceptors (Lipinski definition) is 5. The van der Waals surface area contributed by atoms with E-state index in [0.29, 0.717) is 23.7 Å². The van der Waals surface area contributed by atoms with Gasteiger partial charge in [-0.15, -0.1) is 0 Å². The third-order valence-corrected chi connectivity index (χ3v) is 5.81. The van der Waals surface area contributed by atoms with Gasteiger partial charge in [0.25, 0.3) is 6.43 Å². The van der Waals surface area contributed by atoms with Crippen LogP contribution in [0.2, 0.25) is 0 Å². The Morgan fingerprint density at radius 2 is 1.78 bits per heavy atom. The minimum absolute atomic E-state index is 0.0488. The van der Waals surface area contributed by atoms with Gasteiger partial charge in [-0.3, -0.25) is 9.13 Å². The molecule has 0 aliphatic carbocycles. The predicted octanol–water partition coefficient (Wildman–Crippen LogP) is 3.25. The van der Waals surface area contributed by atoms with Crippen molar-refractivity contribution >= 4 is 20.9 Å². The summed E-state index contributed by atoms with van der Waals surface area (Å²) < 4.78 is 77.4. The van der Waals surface area contributed by atoms with E-state index in [9.17, 15) is 26.4 Å². The molecule has 0 amide bonds. The molecule has 3 rings (SSSR count). The predicted molar refractivity (Wildman–Crippen MR) is 114 cm³/mol. The maximum atomic E-state index is 13.9. The lowest BCUT2D eigenvalue weighted by atomic mass is 10.1. The molecule has 0 N–H and O–H groups in total. The molecule has 7 nitrogen and oxygen atoms in total. The zero-order valence-corrected chi connectivity index (χ0v) is 18.5. The molecule has 0 unspecified atom stereocenters. The highest BCUT2D eigenvalue weighted by Gasteiger charge is 2.27. The van der Waals surface area contributed by atoms with Crippen molar-refractivity contribution in [3.05, 3.63) is 58.3 Å². The fourth-order valence-electron chi connectivity index (χ4n) is 3.64. The van der Waals surface area contributed by atoms with E-state index in [1.54, 1.807) is 25.1 Å². The number of rotatable bonds is 9. The van der Waals surface area contributed by atoms with Gasteiger partial charge in [-0.05, 0) is 42.8 Å². The molecule has 3 aromatic rings. The fraction of sp³-hybridized carbons (Fsp3) is 0.381. The molecule has 1 aromatic heterocycles. The molecule has 0 aliphatic heterocycles. The van der Waals surface area contributed by atoms with Crippen molar-refractivity contribution in [2.24, 2.45) is 0 Å². The number of fused-ring (bicyclic) bond motifs is 1. The molecule has 0 aliphatic rings. The van der Waals surface area contributed by atoms with Crippen LogP contribution < -0.4 is 15.2 Å². The van der Waals surface area contributed by atoms with Crippen molar-refractivity contribution in [2.45, 2.75) is 25.9 Å². The lowest BCUT2D eigenvalue weighted by molar-refractivity contribution is 0.126. The second-order valence-electron chi connectivity index (χ2n) is 7.24. The Bertz CT molecular complexity index is 1280. The lowest BCUT2D eigenvalue weighted by Gasteiger charge is -2.20. The van der Waals surface area contributed by atoms with Gasteiger partial charge in [-0.25, -0.2) is 26.4 Å². The zero-order valence-electron chi connectivity index (χ0n) is 17.7. The number of aromatic nitrogens is 2. The Morgan fingerprint density at radius 3 is 2.38 bits per heavy atom. The SMILES string of the molecule is CCOc1cc([C@H](CS(C)(=O)=O)n2c(=O)n(CC(F)F)c3cc(F)ccc32)ccc1OC. The summed E-state index contributed by atoms with van der Waals surface area (Å²) in [6, 6.07) is 6.95. The first-order valence-electron chi connectivity index (χ1n) is 9.72. The molecule has 1 atom stereocenters. The quantitative estimate of drug-likeness (QED) is 0.478. The minimum atomic E-state index is -3.63. The van der Waals surface area contributed by atoms with Crippen molar-refractivity contribution < 1.29 is 31.1 Å². The average Bonchev–Trinajstić information content (AvgIpc) is 2.96. The monoisotopic (exact) mass is 472 g/mol. The number of alkyl halides is 2. The smallest absolute Gasteiger partial charge is 0.329 e. The van der Waals surface area contributed by atoms with Crippen LogP contribution in [-0.2, 0) is 16.4 Å². The van der Waals surface area contributed by atoms with E-state index in [-0.39, 0.29) is 11.0 Å². The first-order chi connectivity index (χ1) is 15.1. The second kappa shape index (κ2) is 9.27. The highest BCUT2D eigenvalue weighted by atomic mass is 32.2. The molecule has 0 spiro atoms. The van der Waals surface area contributed by atoms with E-state index in [1.165, 1.54) is 13.2 Å². The normalized spacial score (nSPS) is 13.0. The van der Waals surface area contributed by atoms with Crippen molar-refractivity contribution in [3.63, 3.8) is 0 Å². The van der Waals surface area contributed by atoms with Gasteiger partial charge >= 0.3 is 5.69 Å². The van der Waals surface area contributed by atoms with E-state index in [1.807, 2.05) is 0 Å². The zero-order chi connectivity index (χ0) is 23.6. The molecule has 1 heterocycles. The van der Waals surface area contributed by atoms with E-state index in [0.717, 1.165) is 27.5 Å². The Hall–Kier alpha value is -2.95. The van der Waals surface area contributed by atoms with E-state index in [4.69, 9.17) is 9.47 Å². The van der Waals surface area contributed by atoms with Gasteiger partial charge in [0.05, 0.1) is 43.1 Å². The van der Waals surface area contributed by atoms with Crippen molar-refractivity contribution in [3.8, 4) is 11.5 Å². The van der Waals surface area contributed by atoms with Gasteiger partial charge in [-0.2, -0.15) is 0 Å². The standard InChI is InChI=1S/C21H23F3N2O5S/c1-4-31-19-9-13(5-8-18(19)30-2)17(12-32(3,28)29)26-15-7-6-14(22)10-16(15)25(21(26)27)11-20(23)24/h5-10,17,20H,4,11-12H2,1-3H3/t17-/m0/s1. The van der Waals surface area contributed by atoms with Crippen LogP contribution in [0.3, 0.4) is 0 Å². The van der Waals surface area contributed by atoms with Gasteiger partial charge in [0, 0.05) is 6.26 Å². The molecule has 0 saturated carbocycles. The molecule has 174 valence electrons. The number of ether oxygens (including phenoxy) is 2. The third kappa shape index (κ3) is 4.93. The Kier molecular flexibility index (Phi) is 6.87. The van der Waals surface area contributed by atoms with Crippen LogP contribution in [0, 0.1) is 5.82 Å². The number of halogens is 3. The van der Waals surface area contributed by atoms with Crippen LogP contribution in [0.1, 0.15) is 18.5 Å². The Labute approximate surface area is 182 Å². The number of benzene rings is 2. The molecule has 0 radical (unpaired) electrons. The summed E-state index contributed by atoms with van der Waals surface area (Å²) in [5, 5.41) is 0. The van der Waals surface area contributed by atoms with Gasteiger partial charge < -0.3 is 9.47 Å². The average molecular weight is 472 g/mol. The van der Waals surface area contributed by atoms with Gasteiger partial charge in [-0.1, -0.05) is 6.07 Å². The van der Waals surface area contributed by atoms with Crippen molar-refractivity contribution in [2.75, 3.05) is 25.7 Å². The number of methoxy groups -OCH3 is 1. The largest absolute Gasteiger partial charge is 0.493 e. The molecule has 2 aromatic carbocycles. The van der Waals surface area contributed by atoms with Crippen LogP contribution in [0.4, 0.5) is 13.2 Å². The molecule has 0 saturated heterocycles. The summed E-state index contributed by atoms with van der Waals surface area (Å²) in [6.07, 6.45) is -1.86. The van der Waals surface area contributed by atoms with Gasteiger partial charge in [0.15, 0.2) is 11.5 Å². The molecule has 0 fully saturated rings. The van der Waals surface area contributed by atoms with E-state index >= 15 is 0 Å². The first-order valence-corrected chi connectivity index (χ1v) is 11.8. The highest BCUT2D eigenvalue weighted by Crippen LogP contribution is 2.33. The highest BCUT2D eigenvalue weighted by molar-refractivity contribution is 7.90. The van der Waals surface area contributed by atoms with Crippen LogP contribution in [0.15, 0.2) is 41.2 Å². The van der Waals surface area contributed by atoms with Crippen molar-refractivity contribution in [1.82, 2.24) is 9.13 Å². The van der Waals surface area contributed by atoms with Gasteiger partial charge in [0.2, 0.25) is 0 Å². The summed E-state index contributed by atoms with van der Waals surface area (Å²) in [6.45, 7) is 1.12. The number of sulfone groups is 1. The van der Waals surface area contributed by atoms with Crippen LogP contribution in [0.5, 0.6) is 11.5 Å². The summed E-state index contributed by atoms with van der Waals surface area (Å²) >= 11 is 0. The van der Waals surface area contributed by atoms with Crippen LogP contribution >= 0.6 is 0 Å². The van der Waals surface area contributed by atoms with Gasteiger partial charge in [0.1, 0.15) is 15.7 Å². The number of hydrogen-bond donors (Lipinski definition) is 0. The number of nitrogens with zero attached hydrogens (tertiary/aromatic N) is 2. The topological polar surface area (TPSA) is 79.5 Å². The number of imidazole rings is 1. The second-order valence-corrected chi connectivity index (χ2v) is 9.42. The Balaban J connectivity index is 2.31. The molecule has 32 heavy (non-hydrogen) atoms. The summed E-state index contributed by atoms with van der Waals surface area (Å²) in [5.74, 6) is -0.458. The maximum Gasteiger partial charge on any atom is 0.329 e. The molecular formula is C21H23F3N2O5S. The third-order valence-electron chi connectivity index (χ3n) is 4.89. The lowest BCUT2D eigenvalue weighted by Crippen LogP contribution is -2.32. The Morgan fingerprint density at radius 1 is 1.06 bits per heavy atom. The maximum absolute atomic E-state index is 13.9. The fourth-order valence-corrected chi connectivity index (χ4v) is 4.56. The van der Waals surface area contributed by atoms with E-state index < -0.39 is 46.1 Å². The molecular weight excluding hydrogens is 449 g/mol. The molecule has 0 bridgehead atoms. The summed E-state index contributed by atoms with van der Waals surface area (Å²) in [7, 11) is -2.18. The van der Waals surface area contributed by atoms with E-state index in [2.05, 4.69) is 0 Å². The molecule has 11 heteroatoms. The minimum Gasteiger partial charge on any atom is -0.493 e. The summed E-state index contributed by atoms with van der Waals surface area (Å²) in [5.41, 5.74) is -0.387. The summed E-state index contributed by atoms with van der Waals surface area (Å²) in [4.78, 5) is 13.2. The van der Waals surface area contributed by atoms with Crippen LogP contribution in [0.25, 0.3) is 11.0 Å². The first kappa shape index (κ1) is 23.7. The van der Waals surface area contributed by atoms with Crippen LogP contribution in [-0.4, -0.2) is 49.7 Å². The van der Waals surface area contributed by atoms with Crippen molar-refractivity contribution in [1.29, 1.82) is 0 Å².